The van der Waals surface area contributed by atoms with Crippen molar-refractivity contribution in [2.24, 2.45) is 0 Å². The van der Waals surface area contributed by atoms with Crippen LogP contribution < -0.4 is 9.80 Å². The van der Waals surface area contributed by atoms with Crippen LogP contribution in [0.3, 0.4) is 0 Å². The fourth-order valence-electron chi connectivity index (χ4n) is 3.07. The number of ether oxygens (including phenoxy) is 1. The predicted molar refractivity (Wildman–Crippen MR) is 108 cm³/mol. The lowest BCUT2D eigenvalue weighted by Gasteiger charge is -2.34. The van der Waals surface area contributed by atoms with Crippen molar-refractivity contribution in [1.29, 1.82) is 0 Å². The lowest BCUT2D eigenvalue weighted by atomic mass is 10.2. The van der Waals surface area contributed by atoms with Gasteiger partial charge >= 0.3 is 0 Å². The van der Waals surface area contributed by atoms with Crippen LogP contribution in [0.1, 0.15) is 16.5 Å². The number of thiazole rings is 1. The Kier molecular flexibility index (Phi) is 5.28. The van der Waals surface area contributed by atoms with Gasteiger partial charge in [0.15, 0.2) is 11.6 Å². The van der Waals surface area contributed by atoms with Gasteiger partial charge in [-0.05, 0) is 26.0 Å². The van der Waals surface area contributed by atoms with Gasteiger partial charge in [-0.15, -0.1) is 21.5 Å². The highest BCUT2D eigenvalue weighted by atomic mass is 32.1. The molecule has 10 heteroatoms. The van der Waals surface area contributed by atoms with Crippen molar-refractivity contribution in [1.82, 2.24) is 24.5 Å². The minimum Gasteiger partial charge on any atom is -0.377 e. The van der Waals surface area contributed by atoms with E-state index in [1.54, 1.807) is 18.4 Å². The molecule has 1 fully saturated rings. The standard InChI is InChI=1S/C17H21N7OS2/c1-11-16(26-12(2)18-11)13-4-5-15(21-20-13)23-6-8-24(9-7-23)17-19-14(10-25-3)22-27-17/h4-5H,6-10H2,1-3H3. The highest BCUT2D eigenvalue weighted by Crippen LogP contribution is 2.28. The molecule has 0 spiro atoms. The maximum Gasteiger partial charge on any atom is 0.205 e. The van der Waals surface area contributed by atoms with Crippen LogP contribution in [0.15, 0.2) is 12.1 Å². The molecule has 0 aromatic carbocycles. The van der Waals surface area contributed by atoms with Gasteiger partial charge in [-0.2, -0.15) is 4.37 Å². The minimum absolute atomic E-state index is 0.456. The number of rotatable bonds is 5. The second-order valence-corrected chi connectivity index (χ2v) is 8.26. The molecule has 0 radical (unpaired) electrons. The summed E-state index contributed by atoms with van der Waals surface area (Å²) in [4.78, 5) is 14.6. The Hall–Kier alpha value is -2.17. The molecule has 0 aliphatic carbocycles. The van der Waals surface area contributed by atoms with Crippen molar-refractivity contribution >= 4 is 33.8 Å². The summed E-state index contributed by atoms with van der Waals surface area (Å²) in [6.45, 7) is 8.02. The van der Waals surface area contributed by atoms with Gasteiger partial charge in [0, 0.05) is 44.8 Å². The molecular formula is C17H21N7OS2. The summed E-state index contributed by atoms with van der Waals surface area (Å²) in [5, 5.41) is 10.9. The second kappa shape index (κ2) is 7.83. The molecule has 4 heterocycles. The molecule has 0 bridgehead atoms. The highest BCUT2D eigenvalue weighted by molar-refractivity contribution is 7.15. The molecule has 0 amide bonds. The van der Waals surface area contributed by atoms with Crippen LogP contribution in [-0.2, 0) is 11.3 Å². The number of aryl methyl sites for hydroxylation is 2. The summed E-state index contributed by atoms with van der Waals surface area (Å²) in [5.74, 6) is 1.66. The van der Waals surface area contributed by atoms with E-state index in [1.165, 1.54) is 11.5 Å². The van der Waals surface area contributed by atoms with Crippen LogP contribution in [0, 0.1) is 13.8 Å². The van der Waals surface area contributed by atoms with E-state index in [-0.39, 0.29) is 0 Å². The average molecular weight is 404 g/mol. The normalized spacial score (nSPS) is 14.8. The third kappa shape index (κ3) is 3.92. The number of hydrogen-bond donors (Lipinski definition) is 0. The Morgan fingerprint density at radius 3 is 2.44 bits per heavy atom. The minimum atomic E-state index is 0.456. The Balaban J connectivity index is 1.40. The average Bonchev–Trinajstić information content (AvgIpc) is 3.28. The van der Waals surface area contributed by atoms with Gasteiger partial charge in [-0.1, -0.05) is 0 Å². The van der Waals surface area contributed by atoms with Gasteiger partial charge in [0.2, 0.25) is 5.13 Å². The predicted octanol–water partition coefficient (Wildman–Crippen LogP) is 2.54. The smallest absolute Gasteiger partial charge is 0.205 e. The SMILES string of the molecule is COCc1nsc(N2CCN(c3ccc(-c4sc(C)nc4C)nn3)CC2)n1. The van der Waals surface area contributed by atoms with E-state index in [0.717, 1.165) is 64.2 Å². The van der Waals surface area contributed by atoms with E-state index in [4.69, 9.17) is 4.74 Å². The number of nitrogens with zero attached hydrogens (tertiary/aromatic N) is 7. The van der Waals surface area contributed by atoms with Crippen molar-refractivity contribution in [3.63, 3.8) is 0 Å². The lowest BCUT2D eigenvalue weighted by Crippen LogP contribution is -2.46. The van der Waals surface area contributed by atoms with Crippen molar-refractivity contribution in [2.75, 3.05) is 43.1 Å². The molecule has 1 saturated heterocycles. The monoisotopic (exact) mass is 403 g/mol. The van der Waals surface area contributed by atoms with E-state index < -0.39 is 0 Å². The molecule has 1 aliphatic heterocycles. The number of methoxy groups -OCH3 is 1. The zero-order valence-corrected chi connectivity index (χ0v) is 17.2. The molecular weight excluding hydrogens is 382 g/mol. The number of anilines is 2. The second-order valence-electron chi connectivity index (χ2n) is 6.32. The Morgan fingerprint density at radius 1 is 1.04 bits per heavy atom. The van der Waals surface area contributed by atoms with Gasteiger partial charge in [0.25, 0.3) is 0 Å². The quantitative estimate of drug-likeness (QED) is 0.643. The molecule has 0 saturated carbocycles. The molecule has 3 aromatic rings. The third-order valence-corrected chi connectivity index (χ3v) is 6.30. The number of aromatic nitrogens is 5. The van der Waals surface area contributed by atoms with E-state index in [2.05, 4.69) is 34.3 Å². The first-order valence-electron chi connectivity index (χ1n) is 8.73. The van der Waals surface area contributed by atoms with Gasteiger partial charge in [0.1, 0.15) is 12.3 Å². The number of hydrogen-bond acceptors (Lipinski definition) is 10. The van der Waals surface area contributed by atoms with Gasteiger partial charge in [0.05, 0.1) is 15.6 Å². The summed E-state index contributed by atoms with van der Waals surface area (Å²) in [6, 6.07) is 4.09. The zero-order chi connectivity index (χ0) is 18.8. The topological polar surface area (TPSA) is 80.2 Å². The van der Waals surface area contributed by atoms with Crippen LogP contribution in [0.4, 0.5) is 10.9 Å². The van der Waals surface area contributed by atoms with Gasteiger partial charge in [-0.25, -0.2) is 9.97 Å². The van der Waals surface area contributed by atoms with Crippen molar-refractivity contribution < 1.29 is 4.74 Å². The lowest BCUT2D eigenvalue weighted by molar-refractivity contribution is 0.179. The molecule has 3 aromatic heterocycles. The van der Waals surface area contributed by atoms with Gasteiger partial charge in [-0.3, -0.25) is 0 Å². The first kappa shape index (κ1) is 18.2. The van der Waals surface area contributed by atoms with E-state index in [9.17, 15) is 0 Å². The van der Waals surface area contributed by atoms with E-state index in [1.807, 2.05) is 26.0 Å². The maximum absolute atomic E-state index is 5.09. The summed E-state index contributed by atoms with van der Waals surface area (Å²) >= 11 is 3.09. The summed E-state index contributed by atoms with van der Waals surface area (Å²) < 4.78 is 9.42. The maximum atomic E-state index is 5.09. The molecule has 1 aliphatic rings. The summed E-state index contributed by atoms with van der Waals surface area (Å²) in [5.41, 5.74) is 1.90. The Labute approximate surface area is 166 Å². The van der Waals surface area contributed by atoms with Crippen molar-refractivity contribution in [2.45, 2.75) is 20.5 Å². The molecule has 8 nitrogen and oxygen atoms in total. The van der Waals surface area contributed by atoms with Crippen LogP contribution in [-0.4, -0.2) is 57.8 Å². The summed E-state index contributed by atoms with van der Waals surface area (Å²) in [6.07, 6.45) is 0. The molecule has 0 atom stereocenters. The molecule has 4 rings (SSSR count). The van der Waals surface area contributed by atoms with Crippen LogP contribution >= 0.6 is 22.9 Å². The zero-order valence-electron chi connectivity index (χ0n) is 15.5. The third-order valence-electron chi connectivity index (χ3n) is 4.39. The number of piperazine rings is 1. The highest BCUT2D eigenvalue weighted by Gasteiger charge is 2.21. The van der Waals surface area contributed by atoms with E-state index >= 15 is 0 Å². The molecule has 0 unspecified atom stereocenters. The van der Waals surface area contributed by atoms with Crippen LogP contribution in [0.5, 0.6) is 0 Å². The van der Waals surface area contributed by atoms with Crippen LogP contribution in [0.25, 0.3) is 10.6 Å². The first-order chi connectivity index (χ1) is 13.1. The molecule has 142 valence electrons. The first-order valence-corrected chi connectivity index (χ1v) is 10.3. The Bertz CT molecular complexity index is 900. The Morgan fingerprint density at radius 2 is 1.81 bits per heavy atom. The fourth-order valence-corrected chi connectivity index (χ4v) is 4.68. The van der Waals surface area contributed by atoms with Crippen molar-refractivity contribution in [3.05, 3.63) is 28.7 Å². The fraction of sp³-hybridized carbons (Fsp3) is 0.471. The van der Waals surface area contributed by atoms with Gasteiger partial charge < -0.3 is 14.5 Å². The summed E-state index contributed by atoms with van der Waals surface area (Å²) in [7, 11) is 1.66. The molecule has 27 heavy (non-hydrogen) atoms. The van der Waals surface area contributed by atoms with Crippen LogP contribution in [0.2, 0.25) is 0 Å². The largest absolute Gasteiger partial charge is 0.377 e. The van der Waals surface area contributed by atoms with E-state index in [0.29, 0.717) is 6.61 Å². The molecule has 0 N–H and O–H groups in total. The van der Waals surface area contributed by atoms with Crippen molar-refractivity contribution in [3.8, 4) is 10.6 Å².